The van der Waals surface area contributed by atoms with Crippen molar-refractivity contribution in [3.8, 4) is 0 Å². The Balaban J connectivity index is 1.80. The van der Waals surface area contributed by atoms with Crippen LogP contribution in [-0.4, -0.2) is 85.2 Å². The maximum absolute atomic E-state index is 12.2. The molecular weight excluding hydrogens is 282 g/mol. The largest absolute Gasteiger partial charge is 0.456 e. The molecule has 0 bridgehead atoms. The predicted molar refractivity (Wildman–Crippen MR) is 85.0 cm³/mol. The van der Waals surface area contributed by atoms with E-state index in [1.807, 2.05) is 13.0 Å². The lowest BCUT2D eigenvalue weighted by atomic mass is 10.2. The highest BCUT2D eigenvalue weighted by molar-refractivity contribution is 5.91. The molecule has 1 fully saturated rings. The number of furan rings is 1. The molecule has 0 radical (unpaired) electrons. The molecule has 1 N–H and O–H groups in total. The number of hydrogen-bond donors (Lipinski definition) is 1. The summed E-state index contributed by atoms with van der Waals surface area (Å²) in [4.78, 5) is 18.3. The minimum absolute atomic E-state index is 0.183. The molecule has 1 amide bonds. The highest BCUT2D eigenvalue weighted by Gasteiger charge is 2.21. The summed E-state index contributed by atoms with van der Waals surface area (Å²) in [7, 11) is 3.80. The minimum atomic E-state index is -0.544. The zero-order chi connectivity index (χ0) is 16.1. The number of carbonyl (C=O) groups is 1. The van der Waals surface area contributed by atoms with Gasteiger partial charge in [-0.1, -0.05) is 6.92 Å². The molecule has 1 aliphatic heterocycles. The van der Waals surface area contributed by atoms with Gasteiger partial charge in [-0.3, -0.25) is 9.69 Å². The van der Waals surface area contributed by atoms with Crippen molar-refractivity contribution in [1.29, 1.82) is 0 Å². The van der Waals surface area contributed by atoms with Crippen LogP contribution < -0.4 is 0 Å². The van der Waals surface area contributed by atoms with Crippen molar-refractivity contribution in [3.63, 3.8) is 0 Å². The number of aliphatic hydroxyl groups is 1. The Morgan fingerprint density at radius 3 is 2.64 bits per heavy atom. The Labute approximate surface area is 132 Å². The quantitative estimate of drug-likeness (QED) is 0.830. The van der Waals surface area contributed by atoms with Gasteiger partial charge in [0.25, 0.3) is 5.91 Å². The highest BCUT2D eigenvalue weighted by atomic mass is 16.4. The van der Waals surface area contributed by atoms with E-state index in [0.717, 1.165) is 38.4 Å². The average Bonchev–Trinajstić information content (AvgIpc) is 2.97. The van der Waals surface area contributed by atoms with E-state index in [9.17, 15) is 9.90 Å². The summed E-state index contributed by atoms with van der Waals surface area (Å²) in [6.07, 6.45) is 0.223. The van der Waals surface area contributed by atoms with Crippen LogP contribution in [0.15, 0.2) is 16.5 Å². The third-order valence-electron chi connectivity index (χ3n) is 4.12. The zero-order valence-corrected chi connectivity index (χ0v) is 13.8. The van der Waals surface area contributed by atoms with Gasteiger partial charge in [0.2, 0.25) is 0 Å². The highest BCUT2D eigenvalue weighted by Crippen LogP contribution is 2.11. The SMILES string of the molecule is CCc1ccc(C(=O)N(C)CC(O)CN2CCN(C)CC2)o1. The molecule has 0 spiro atoms. The molecule has 124 valence electrons. The van der Waals surface area contributed by atoms with E-state index in [1.165, 1.54) is 4.90 Å². The normalized spacial score (nSPS) is 18.4. The van der Waals surface area contributed by atoms with Gasteiger partial charge in [0.05, 0.1) is 6.10 Å². The van der Waals surface area contributed by atoms with Crippen molar-refractivity contribution in [2.24, 2.45) is 0 Å². The number of likely N-dealkylation sites (N-methyl/N-ethyl adjacent to an activating group) is 2. The first kappa shape index (κ1) is 17.0. The molecule has 1 aromatic heterocycles. The van der Waals surface area contributed by atoms with E-state index in [4.69, 9.17) is 4.42 Å². The fourth-order valence-electron chi connectivity index (χ4n) is 2.66. The zero-order valence-electron chi connectivity index (χ0n) is 13.8. The standard InChI is InChI=1S/C16H27N3O3/c1-4-14-5-6-15(22-14)16(21)18(3)11-13(20)12-19-9-7-17(2)8-10-19/h5-6,13,20H,4,7-12H2,1-3H3. The lowest BCUT2D eigenvalue weighted by Gasteiger charge is -2.34. The molecule has 1 aromatic rings. The monoisotopic (exact) mass is 309 g/mol. The topological polar surface area (TPSA) is 60.2 Å². The first-order chi connectivity index (χ1) is 10.5. The van der Waals surface area contributed by atoms with Gasteiger partial charge in [-0.25, -0.2) is 0 Å². The maximum atomic E-state index is 12.2. The van der Waals surface area contributed by atoms with Crippen LogP contribution in [0.2, 0.25) is 0 Å². The summed E-state index contributed by atoms with van der Waals surface area (Å²) in [5.74, 6) is 0.956. The molecule has 1 atom stereocenters. The van der Waals surface area contributed by atoms with Crippen molar-refractivity contribution in [3.05, 3.63) is 23.7 Å². The first-order valence-corrected chi connectivity index (χ1v) is 7.92. The molecule has 1 aliphatic rings. The smallest absolute Gasteiger partial charge is 0.289 e. The van der Waals surface area contributed by atoms with Gasteiger partial charge in [0, 0.05) is 52.7 Å². The third kappa shape index (κ3) is 4.56. The van der Waals surface area contributed by atoms with Crippen molar-refractivity contribution in [2.75, 3.05) is 53.4 Å². The van der Waals surface area contributed by atoms with Gasteiger partial charge >= 0.3 is 0 Å². The van der Waals surface area contributed by atoms with Crippen molar-refractivity contribution in [2.45, 2.75) is 19.4 Å². The van der Waals surface area contributed by atoms with E-state index >= 15 is 0 Å². The van der Waals surface area contributed by atoms with Crippen LogP contribution in [0.4, 0.5) is 0 Å². The van der Waals surface area contributed by atoms with E-state index in [-0.39, 0.29) is 5.91 Å². The van der Waals surface area contributed by atoms with Crippen LogP contribution in [0.5, 0.6) is 0 Å². The maximum Gasteiger partial charge on any atom is 0.289 e. The van der Waals surface area contributed by atoms with Crippen LogP contribution >= 0.6 is 0 Å². The van der Waals surface area contributed by atoms with E-state index in [2.05, 4.69) is 16.8 Å². The Morgan fingerprint density at radius 2 is 2.05 bits per heavy atom. The van der Waals surface area contributed by atoms with E-state index < -0.39 is 6.10 Å². The molecule has 0 aliphatic carbocycles. The second kappa shape index (κ2) is 7.76. The molecule has 0 saturated carbocycles. The Bertz CT molecular complexity index is 481. The lowest BCUT2D eigenvalue weighted by Crippen LogP contribution is -2.48. The van der Waals surface area contributed by atoms with Crippen molar-refractivity contribution >= 4 is 5.91 Å². The predicted octanol–water partition coefficient (Wildman–Crippen LogP) is 0.522. The number of aryl methyl sites for hydroxylation is 1. The Kier molecular flexibility index (Phi) is 5.99. The molecule has 0 aromatic carbocycles. The Morgan fingerprint density at radius 1 is 1.36 bits per heavy atom. The van der Waals surface area contributed by atoms with Crippen LogP contribution in [0.25, 0.3) is 0 Å². The number of nitrogens with zero attached hydrogens (tertiary/aromatic N) is 3. The van der Waals surface area contributed by atoms with Gasteiger partial charge in [-0.05, 0) is 19.2 Å². The molecular formula is C16H27N3O3. The molecule has 22 heavy (non-hydrogen) atoms. The van der Waals surface area contributed by atoms with Crippen LogP contribution in [0, 0.1) is 0 Å². The molecule has 6 heteroatoms. The molecule has 2 heterocycles. The first-order valence-electron chi connectivity index (χ1n) is 7.92. The molecule has 1 saturated heterocycles. The summed E-state index contributed by atoms with van der Waals surface area (Å²) >= 11 is 0. The number of carbonyl (C=O) groups excluding carboxylic acids is 1. The van der Waals surface area contributed by atoms with E-state index in [1.54, 1.807) is 13.1 Å². The summed E-state index contributed by atoms with van der Waals surface area (Å²) in [6, 6.07) is 3.52. The Hall–Kier alpha value is -1.37. The average molecular weight is 309 g/mol. The molecule has 1 unspecified atom stereocenters. The second-order valence-electron chi connectivity index (χ2n) is 6.06. The van der Waals surface area contributed by atoms with E-state index in [0.29, 0.717) is 18.8 Å². The number of aliphatic hydroxyl groups excluding tert-OH is 1. The molecule has 2 rings (SSSR count). The van der Waals surface area contributed by atoms with Crippen molar-refractivity contribution < 1.29 is 14.3 Å². The third-order valence-corrected chi connectivity index (χ3v) is 4.12. The second-order valence-corrected chi connectivity index (χ2v) is 6.06. The van der Waals surface area contributed by atoms with Gasteiger partial charge in [-0.2, -0.15) is 0 Å². The van der Waals surface area contributed by atoms with Gasteiger partial charge in [0.1, 0.15) is 5.76 Å². The summed E-state index contributed by atoms with van der Waals surface area (Å²) in [5.41, 5.74) is 0. The summed E-state index contributed by atoms with van der Waals surface area (Å²) in [6.45, 7) is 6.86. The van der Waals surface area contributed by atoms with Crippen LogP contribution in [0.1, 0.15) is 23.2 Å². The number of hydrogen-bond acceptors (Lipinski definition) is 5. The fourth-order valence-corrected chi connectivity index (χ4v) is 2.66. The van der Waals surface area contributed by atoms with Crippen LogP contribution in [-0.2, 0) is 6.42 Å². The van der Waals surface area contributed by atoms with Gasteiger partial charge in [0.15, 0.2) is 5.76 Å². The number of piperazine rings is 1. The number of β-amino-alcohol motifs (C(OH)–C–C–N with tert-alkyl or cyclic N) is 1. The summed E-state index contributed by atoms with van der Waals surface area (Å²) in [5, 5.41) is 10.2. The fraction of sp³-hybridized carbons (Fsp3) is 0.688. The van der Waals surface area contributed by atoms with Crippen molar-refractivity contribution in [1.82, 2.24) is 14.7 Å². The van der Waals surface area contributed by atoms with Crippen LogP contribution in [0.3, 0.4) is 0 Å². The van der Waals surface area contributed by atoms with Gasteiger partial charge in [-0.15, -0.1) is 0 Å². The summed E-state index contributed by atoms with van der Waals surface area (Å²) < 4.78 is 5.47. The number of rotatable bonds is 6. The van der Waals surface area contributed by atoms with Gasteiger partial charge < -0.3 is 19.3 Å². The number of amides is 1. The lowest BCUT2D eigenvalue weighted by molar-refractivity contribution is 0.0484. The minimum Gasteiger partial charge on any atom is -0.456 e. The molecule has 6 nitrogen and oxygen atoms in total.